The zero-order valence-corrected chi connectivity index (χ0v) is 18.4. The molecule has 0 aliphatic carbocycles. The van der Waals surface area contributed by atoms with Crippen LogP contribution in [0.2, 0.25) is 0 Å². The fourth-order valence-electron chi connectivity index (χ4n) is 3.33. The van der Waals surface area contributed by atoms with Crippen molar-refractivity contribution in [2.24, 2.45) is 11.1 Å². The van der Waals surface area contributed by atoms with Crippen LogP contribution in [0.1, 0.15) is 56.5 Å². The van der Waals surface area contributed by atoms with E-state index in [0.29, 0.717) is 12.5 Å². The number of nitrogens with one attached hydrogen (secondary N) is 1. The number of nitrogens with two attached hydrogens (primary N) is 2. The molecular formula is C22H32N3O3S+. The van der Waals surface area contributed by atoms with Crippen LogP contribution < -0.4 is 15.8 Å². The van der Waals surface area contributed by atoms with Crippen molar-refractivity contribution in [3.8, 4) is 0 Å². The van der Waals surface area contributed by atoms with E-state index in [9.17, 15) is 13.2 Å². The number of benzene rings is 2. The molecule has 2 rings (SSSR count). The van der Waals surface area contributed by atoms with Crippen LogP contribution in [0.25, 0.3) is 0 Å². The SMILES string of the molecule is CCc1ccc([C@@H]([NH2+]CC(=O)N[C@@H](C)c2ccc(S(N)(=O)=O)cc2)C(C)C)cc1. The second kappa shape index (κ2) is 10.0. The Labute approximate surface area is 173 Å². The number of primary sulfonamides is 1. The number of hydrogen-bond donors (Lipinski definition) is 3. The monoisotopic (exact) mass is 418 g/mol. The highest BCUT2D eigenvalue weighted by Crippen LogP contribution is 2.18. The molecule has 2 aromatic carbocycles. The average Bonchev–Trinajstić information content (AvgIpc) is 2.67. The topological polar surface area (TPSA) is 106 Å². The van der Waals surface area contributed by atoms with E-state index in [4.69, 9.17) is 5.14 Å². The van der Waals surface area contributed by atoms with Crippen molar-refractivity contribution in [2.45, 2.75) is 51.1 Å². The normalized spacial score (nSPS) is 13.9. The molecule has 0 fully saturated rings. The summed E-state index contributed by atoms with van der Waals surface area (Å²) < 4.78 is 22.7. The molecule has 29 heavy (non-hydrogen) atoms. The van der Waals surface area contributed by atoms with Crippen molar-refractivity contribution in [1.82, 2.24) is 5.32 Å². The van der Waals surface area contributed by atoms with Crippen LogP contribution in [-0.4, -0.2) is 20.9 Å². The van der Waals surface area contributed by atoms with Gasteiger partial charge in [0.1, 0.15) is 6.04 Å². The van der Waals surface area contributed by atoms with Gasteiger partial charge in [-0.1, -0.05) is 57.2 Å². The van der Waals surface area contributed by atoms with Gasteiger partial charge in [-0.25, -0.2) is 13.6 Å². The number of amides is 1. The van der Waals surface area contributed by atoms with Crippen molar-refractivity contribution in [3.05, 3.63) is 65.2 Å². The van der Waals surface area contributed by atoms with E-state index in [2.05, 4.69) is 55.7 Å². The van der Waals surface area contributed by atoms with Crippen molar-refractivity contribution >= 4 is 15.9 Å². The van der Waals surface area contributed by atoms with Gasteiger partial charge in [0.25, 0.3) is 5.91 Å². The molecule has 0 bridgehead atoms. The van der Waals surface area contributed by atoms with Crippen molar-refractivity contribution in [1.29, 1.82) is 0 Å². The summed E-state index contributed by atoms with van der Waals surface area (Å²) >= 11 is 0. The Morgan fingerprint density at radius 2 is 1.55 bits per heavy atom. The largest absolute Gasteiger partial charge is 0.345 e. The lowest BCUT2D eigenvalue weighted by Gasteiger charge is -2.21. The molecule has 5 N–H and O–H groups in total. The number of sulfonamides is 1. The molecule has 2 atom stereocenters. The molecule has 2 aromatic rings. The molecular weight excluding hydrogens is 386 g/mol. The molecule has 1 amide bonds. The molecule has 0 heterocycles. The Bertz CT molecular complexity index is 907. The van der Waals surface area contributed by atoms with E-state index in [1.165, 1.54) is 23.3 Å². The lowest BCUT2D eigenvalue weighted by molar-refractivity contribution is -0.692. The average molecular weight is 419 g/mol. The molecule has 0 aliphatic rings. The maximum Gasteiger partial charge on any atom is 0.275 e. The maximum absolute atomic E-state index is 12.5. The third kappa shape index (κ3) is 6.66. The smallest absolute Gasteiger partial charge is 0.275 e. The molecule has 0 saturated carbocycles. The van der Waals surface area contributed by atoms with Gasteiger partial charge in [-0.3, -0.25) is 4.79 Å². The van der Waals surface area contributed by atoms with Crippen molar-refractivity contribution in [2.75, 3.05) is 6.54 Å². The second-order valence-corrected chi connectivity index (χ2v) is 9.27. The first-order valence-electron chi connectivity index (χ1n) is 9.96. The molecule has 0 radical (unpaired) electrons. The molecule has 0 aliphatic heterocycles. The lowest BCUT2D eigenvalue weighted by atomic mass is 9.95. The van der Waals surface area contributed by atoms with Crippen LogP contribution >= 0.6 is 0 Å². The minimum atomic E-state index is -3.72. The second-order valence-electron chi connectivity index (χ2n) is 7.71. The number of aryl methyl sites for hydroxylation is 1. The Kier molecular flexibility index (Phi) is 7.96. The number of carbonyl (C=O) groups is 1. The Morgan fingerprint density at radius 1 is 1.00 bits per heavy atom. The molecule has 0 aromatic heterocycles. The number of carbonyl (C=O) groups excluding carboxylic acids is 1. The summed E-state index contributed by atoms with van der Waals surface area (Å²) in [6.45, 7) is 8.63. The van der Waals surface area contributed by atoms with Crippen LogP contribution in [0.5, 0.6) is 0 Å². The summed E-state index contributed by atoms with van der Waals surface area (Å²) in [6, 6.07) is 14.8. The first-order valence-corrected chi connectivity index (χ1v) is 11.5. The summed E-state index contributed by atoms with van der Waals surface area (Å²) in [5, 5.41) is 10.2. The van der Waals surface area contributed by atoms with Crippen LogP contribution in [0.15, 0.2) is 53.4 Å². The summed E-state index contributed by atoms with van der Waals surface area (Å²) in [4.78, 5) is 12.5. The van der Waals surface area contributed by atoms with E-state index in [1.807, 2.05) is 6.92 Å². The van der Waals surface area contributed by atoms with E-state index < -0.39 is 10.0 Å². The van der Waals surface area contributed by atoms with Crippen LogP contribution in [0.3, 0.4) is 0 Å². The Balaban J connectivity index is 1.96. The van der Waals surface area contributed by atoms with Gasteiger partial charge in [-0.15, -0.1) is 0 Å². The predicted octanol–water partition coefficient (Wildman–Crippen LogP) is 2.03. The molecule has 0 spiro atoms. The van der Waals surface area contributed by atoms with Gasteiger partial charge in [0.05, 0.1) is 10.9 Å². The molecule has 158 valence electrons. The van der Waals surface area contributed by atoms with E-state index in [1.54, 1.807) is 12.1 Å². The van der Waals surface area contributed by atoms with E-state index in [0.717, 1.165) is 12.0 Å². The van der Waals surface area contributed by atoms with Gasteiger partial charge in [0.2, 0.25) is 10.0 Å². The first kappa shape index (κ1) is 23.1. The predicted molar refractivity (Wildman–Crippen MR) is 115 cm³/mol. The number of rotatable bonds is 9. The van der Waals surface area contributed by atoms with Gasteiger partial charge in [-0.05, 0) is 36.6 Å². The standard InChI is InChI=1S/C22H31N3O3S/c1-5-17-6-8-19(9-7-17)22(15(2)3)24-14-21(26)25-16(4)18-10-12-20(13-11-18)29(23,27)28/h6-13,15-16,22,24H,5,14H2,1-4H3,(H,25,26)(H2,23,27,28)/p+1/t16-,22-/m0/s1. The third-order valence-electron chi connectivity index (χ3n) is 5.13. The highest BCUT2D eigenvalue weighted by atomic mass is 32.2. The third-order valence-corrected chi connectivity index (χ3v) is 6.06. The summed E-state index contributed by atoms with van der Waals surface area (Å²) in [5.41, 5.74) is 3.34. The first-order chi connectivity index (χ1) is 13.6. The van der Waals surface area contributed by atoms with Gasteiger partial charge in [-0.2, -0.15) is 0 Å². The van der Waals surface area contributed by atoms with Gasteiger partial charge < -0.3 is 10.6 Å². The maximum atomic E-state index is 12.5. The molecule has 0 unspecified atom stereocenters. The minimum absolute atomic E-state index is 0.0574. The van der Waals surface area contributed by atoms with Crippen molar-refractivity contribution in [3.63, 3.8) is 0 Å². The van der Waals surface area contributed by atoms with Crippen LogP contribution in [-0.2, 0) is 21.2 Å². The summed E-state index contributed by atoms with van der Waals surface area (Å²) in [5.74, 6) is 0.322. The molecule has 6 nitrogen and oxygen atoms in total. The summed E-state index contributed by atoms with van der Waals surface area (Å²) in [7, 11) is -3.72. The van der Waals surface area contributed by atoms with Crippen molar-refractivity contribution < 1.29 is 18.5 Å². The Hall–Kier alpha value is -2.22. The van der Waals surface area contributed by atoms with Gasteiger partial charge in [0.15, 0.2) is 6.54 Å². The van der Waals surface area contributed by atoms with Gasteiger partial charge in [0, 0.05) is 11.5 Å². The van der Waals surface area contributed by atoms with Crippen LogP contribution in [0.4, 0.5) is 0 Å². The molecule has 0 saturated heterocycles. The fraction of sp³-hybridized carbons (Fsp3) is 0.409. The van der Waals surface area contributed by atoms with Crippen LogP contribution in [0, 0.1) is 5.92 Å². The quantitative estimate of drug-likeness (QED) is 0.580. The Morgan fingerprint density at radius 3 is 2.03 bits per heavy atom. The lowest BCUT2D eigenvalue weighted by Crippen LogP contribution is -2.88. The highest BCUT2D eigenvalue weighted by Gasteiger charge is 2.21. The minimum Gasteiger partial charge on any atom is -0.345 e. The zero-order valence-electron chi connectivity index (χ0n) is 17.6. The number of hydrogen-bond acceptors (Lipinski definition) is 3. The number of quaternary nitrogens is 1. The molecule has 7 heteroatoms. The fourth-order valence-corrected chi connectivity index (χ4v) is 3.85. The highest BCUT2D eigenvalue weighted by molar-refractivity contribution is 7.89. The van der Waals surface area contributed by atoms with E-state index in [-0.39, 0.29) is 22.9 Å². The zero-order chi connectivity index (χ0) is 21.6. The van der Waals surface area contributed by atoms with E-state index >= 15 is 0 Å². The van der Waals surface area contributed by atoms with Gasteiger partial charge >= 0.3 is 0 Å². The summed E-state index contributed by atoms with van der Waals surface area (Å²) in [6.07, 6.45) is 1.01.